The quantitative estimate of drug-likeness (QED) is 0.857. The number of ether oxygens (including phenoxy) is 1. The molecule has 0 aromatic carbocycles. The van der Waals surface area contributed by atoms with Crippen LogP contribution in [0.1, 0.15) is 49.9 Å². The summed E-state index contributed by atoms with van der Waals surface area (Å²) >= 11 is 0. The van der Waals surface area contributed by atoms with Gasteiger partial charge in [0.05, 0.1) is 0 Å². The van der Waals surface area contributed by atoms with Crippen LogP contribution in [0.25, 0.3) is 0 Å². The third-order valence-corrected chi connectivity index (χ3v) is 3.72. The lowest BCUT2D eigenvalue weighted by molar-refractivity contribution is -0.149. The Morgan fingerprint density at radius 2 is 2.17 bits per heavy atom. The number of carbonyl (C=O) groups is 1. The largest absolute Gasteiger partial charge is 0.479 e. The molecule has 0 radical (unpaired) electrons. The molecule has 2 aliphatic rings. The van der Waals surface area contributed by atoms with E-state index in [1.165, 1.54) is 6.42 Å². The molecule has 0 amide bonds. The Bertz CT molecular complexity index is 457. The second-order valence-electron chi connectivity index (χ2n) is 4.97. The van der Waals surface area contributed by atoms with Crippen LogP contribution in [0.4, 0.5) is 0 Å². The fourth-order valence-electron chi connectivity index (χ4n) is 2.75. The number of aliphatic carboxylic acids is 1. The minimum Gasteiger partial charge on any atom is -0.479 e. The van der Waals surface area contributed by atoms with Gasteiger partial charge in [-0.25, -0.2) is 4.79 Å². The van der Waals surface area contributed by atoms with Crippen molar-refractivity contribution < 1.29 is 14.6 Å². The zero-order valence-corrected chi connectivity index (χ0v) is 10.2. The number of carboxylic acid groups (broad SMARTS) is 1. The maximum absolute atomic E-state index is 10.9. The highest BCUT2D eigenvalue weighted by atomic mass is 16.5. The van der Waals surface area contributed by atoms with E-state index in [1.807, 2.05) is 0 Å². The number of aryl methyl sites for hydroxylation is 1. The van der Waals surface area contributed by atoms with Crippen molar-refractivity contribution in [2.75, 3.05) is 0 Å². The lowest BCUT2D eigenvalue weighted by Crippen LogP contribution is -2.19. The van der Waals surface area contributed by atoms with Crippen molar-refractivity contribution in [3.8, 4) is 0 Å². The van der Waals surface area contributed by atoms with E-state index in [9.17, 15) is 4.79 Å². The van der Waals surface area contributed by atoms with Crippen LogP contribution in [0.2, 0.25) is 0 Å². The Labute approximate surface area is 105 Å². The van der Waals surface area contributed by atoms with Gasteiger partial charge in [-0.05, 0) is 25.7 Å². The standard InChI is InChI=1S/C12H17N3O3/c16-12(17)9-6-5-8(18-9)11-14-13-10-4-2-1-3-7-15(10)11/h8-9H,1-7H2,(H,16,17). The molecule has 3 rings (SSSR count). The SMILES string of the molecule is O=C(O)C1CCC(c2nnc3n2CCCCC3)O1. The van der Waals surface area contributed by atoms with Crippen molar-refractivity contribution in [3.05, 3.63) is 11.6 Å². The Hall–Kier alpha value is -1.43. The van der Waals surface area contributed by atoms with E-state index in [-0.39, 0.29) is 6.10 Å². The molecule has 0 spiro atoms. The molecule has 98 valence electrons. The minimum absolute atomic E-state index is 0.203. The third kappa shape index (κ3) is 2.01. The molecule has 6 heteroatoms. The predicted molar refractivity (Wildman–Crippen MR) is 62.1 cm³/mol. The predicted octanol–water partition coefficient (Wildman–Crippen LogP) is 1.31. The molecule has 1 N–H and O–H groups in total. The van der Waals surface area contributed by atoms with Gasteiger partial charge in [0, 0.05) is 13.0 Å². The summed E-state index contributed by atoms with van der Waals surface area (Å²) in [5.74, 6) is 0.952. The van der Waals surface area contributed by atoms with Crippen LogP contribution in [-0.4, -0.2) is 31.9 Å². The molecule has 0 aliphatic carbocycles. The Kier molecular flexibility index (Phi) is 3.03. The monoisotopic (exact) mass is 251 g/mol. The maximum Gasteiger partial charge on any atom is 0.332 e. The summed E-state index contributed by atoms with van der Waals surface area (Å²) in [6.07, 6.45) is 4.85. The molecule has 1 fully saturated rings. The smallest absolute Gasteiger partial charge is 0.332 e. The van der Waals surface area contributed by atoms with E-state index in [0.717, 1.165) is 43.9 Å². The van der Waals surface area contributed by atoms with Crippen molar-refractivity contribution in [1.82, 2.24) is 14.8 Å². The molecule has 1 aromatic heterocycles. The lowest BCUT2D eigenvalue weighted by Gasteiger charge is -2.12. The van der Waals surface area contributed by atoms with Crippen molar-refractivity contribution in [1.29, 1.82) is 0 Å². The van der Waals surface area contributed by atoms with Crippen LogP contribution < -0.4 is 0 Å². The van der Waals surface area contributed by atoms with Crippen molar-refractivity contribution in [2.45, 2.75) is 57.3 Å². The molecule has 0 saturated carbocycles. The molecule has 6 nitrogen and oxygen atoms in total. The molecule has 0 bridgehead atoms. The number of fused-ring (bicyclic) bond motifs is 1. The van der Waals surface area contributed by atoms with Gasteiger partial charge in [0.2, 0.25) is 0 Å². The highest BCUT2D eigenvalue weighted by Crippen LogP contribution is 2.32. The summed E-state index contributed by atoms with van der Waals surface area (Å²) < 4.78 is 7.68. The molecule has 2 atom stereocenters. The van der Waals surface area contributed by atoms with Gasteiger partial charge in [0.1, 0.15) is 11.9 Å². The second kappa shape index (κ2) is 4.68. The van der Waals surface area contributed by atoms with E-state index in [4.69, 9.17) is 9.84 Å². The summed E-state index contributed by atoms with van der Waals surface area (Å²) in [5.41, 5.74) is 0. The fourth-order valence-corrected chi connectivity index (χ4v) is 2.75. The average molecular weight is 251 g/mol. The van der Waals surface area contributed by atoms with Crippen LogP contribution in [0, 0.1) is 0 Å². The number of aromatic nitrogens is 3. The first-order chi connectivity index (χ1) is 8.75. The van der Waals surface area contributed by atoms with Crippen LogP contribution in [0.15, 0.2) is 0 Å². The van der Waals surface area contributed by atoms with Gasteiger partial charge < -0.3 is 14.4 Å². The summed E-state index contributed by atoms with van der Waals surface area (Å²) in [6.45, 7) is 0.926. The minimum atomic E-state index is -0.881. The zero-order valence-electron chi connectivity index (χ0n) is 10.2. The Morgan fingerprint density at radius 1 is 1.28 bits per heavy atom. The molecule has 1 aromatic rings. The molecule has 18 heavy (non-hydrogen) atoms. The van der Waals surface area contributed by atoms with Crippen LogP contribution >= 0.6 is 0 Å². The molecule has 1 saturated heterocycles. The Morgan fingerprint density at radius 3 is 2.94 bits per heavy atom. The lowest BCUT2D eigenvalue weighted by atomic mass is 10.2. The van der Waals surface area contributed by atoms with Gasteiger partial charge in [0.25, 0.3) is 0 Å². The van der Waals surface area contributed by atoms with E-state index in [1.54, 1.807) is 0 Å². The summed E-state index contributed by atoms with van der Waals surface area (Å²) in [5, 5.41) is 17.4. The van der Waals surface area contributed by atoms with E-state index in [2.05, 4.69) is 14.8 Å². The fraction of sp³-hybridized carbons (Fsp3) is 0.750. The van der Waals surface area contributed by atoms with E-state index < -0.39 is 12.1 Å². The van der Waals surface area contributed by atoms with Crippen LogP contribution in [0.3, 0.4) is 0 Å². The van der Waals surface area contributed by atoms with Gasteiger partial charge in [-0.15, -0.1) is 10.2 Å². The Balaban J connectivity index is 1.81. The first-order valence-electron chi connectivity index (χ1n) is 6.56. The van der Waals surface area contributed by atoms with E-state index >= 15 is 0 Å². The number of nitrogens with zero attached hydrogens (tertiary/aromatic N) is 3. The number of hydrogen-bond donors (Lipinski definition) is 1. The topological polar surface area (TPSA) is 77.2 Å². The van der Waals surface area contributed by atoms with Crippen molar-refractivity contribution >= 4 is 5.97 Å². The summed E-state index contributed by atoms with van der Waals surface area (Å²) in [6, 6.07) is 0. The van der Waals surface area contributed by atoms with Gasteiger partial charge >= 0.3 is 5.97 Å². The maximum atomic E-state index is 10.9. The second-order valence-corrected chi connectivity index (χ2v) is 4.97. The number of hydrogen-bond acceptors (Lipinski definition) is 4. The van der Waals surface area contributed by atoms with Gasteiger partial charge in [-0.1, -0.05) is 6.42 Å². The molecule has 3 heterocycles. The zero-order chi connectivity index (χ0) is 12.5. The molecular formula is C12H17N3O3. The first-order valence-corrected chi connectivity index (χ1v) is 6.56. The van der Waals surface area contributed by atoms with Crippen LogP contribution in [-0.2, 0) is 22.5 Å². The number of rotatable bonds is 2. The van der Waals surface area contributed by atoms with E-state index in [0.29, 0.717) is 6.42 Å². The third-order valence-electron chi connectivity index (χ3n) is 3.72. The normalized spacial score (nSPS) is 27.8. The highest BCUT2D eigenvalue weighted by molar-refractivity contribution is 5.72. The van der Waals surface area contributed by atoms with Gasteiger partial charge in [-0.2, -0.15) is 0 Å². The van der Waals surface area contributed by atoms with Crippen LogP contribution in [0.5, 0.6) is 0 Å². The van der Waals surface area contributed by atoms with Crippen molar-refractivity contribution in [3.63, 3.8) is 0 Å². The summed E-state index contributed by atoms with van der Waals surface area (Å²) in [7, 11) is 0. The highest BCUT2D eigenvalue weighted by Gasteiger charge is 2.34. The first kappa shape index (κ1) is 11.6. The summed E-state index contributed by atoms with van der Waals surface area (Å²) in [4.78, 5) is 10.9. The molecular weight excluding hydrogens is 234 g/mol. The molecule has 2 aliphatic heterocycles. The van der Waals surface area contributed by atoms with Gasteiger partial charge in [0.15, 0.2) is 11.9 Å². The number of carboxylic acids is 1. The average Bonchev–Trinajstić information content (AvgIpc) is 2.91. The van der Waals surface area contributed by atoms with Gasteiger partial charge in [-0.3, -0.25) is 0 Å². The van der Waals surface area contributed by atoms with Crippen molar-refractivity contribution in [2.24, 2.45) is 0 Å². The molecule has 2 unspecified atom stereocenters.